The highest BCUT2D eigenvalue weighted by Crippen LogP contribution is 2.33. The smallest absolute Gasteiger partial charge is 0.309 e. The molecular weight excluding hydrogens is 508 g/mol. The molecule has 37 heavy (non-hydrogen) atoms. The number of cyclic esters (lactones) is 1. The number of rotatable bonds is 2. The summed E-state index contributed by atoms with van der Waals surface area (Å²) in [5.74, 6) is -1.59. The van der Waals surface area contributed by atoms with E-state index in [9.17, 15) is 19.8 Å². The Morgan fingerprint density at radius 1 is 1.14 bits per heavy atom. The number of hydrogen-bond acceptors (Lipinski definition) is 9. The molecule has 0 saturated heterocycles. The molecular formula is C28H40N2O5S2. The monoisotopic (exact) mass is 548 g/mol. The van der Waals surface area contributed by atoms with Crippen molar-refractivity contribution in [3.05, 3.63) is 37.2 Å². The van der Waals surface area contributed by atoms with E-state index in [0.29, 0.717) is 6.42 Å². The molecule has 7 nitrogen and oxygen atoms in total. The lowest BCUT2D eigenvalue weighted by Crippen LogP contribution is -2.45. The quantitative estimate of drug-likeness (QED) is 0.503. The second-order valence-corrected chi connectivity index (χ2v) is 13.3. The standard InChI is InChI=1S/C28H40N2O5S2/c1-15-9-8-10-21-23(37-19(5)30-21)12-22(16(2)11-20-14-36-18(4)29-20)35-25(32)13-24(31)28(6,7)27(34)17(3)26(15)33/h11,14-15,17,22,24,26,31,33H,8-10,12-13H2,1-7H3/b16-11+/t15-,17+,22?,24-,26-/m0/s1. The van der Waals surface area contributed by atoms with E-state index < -0.39 is 35.6 Å². The molecule has 0 spiro atoms. The number of ketones is 1. The Morgan fingerprint density at radius 3 is 2.49 bits per heavy atom. The topological polar surface area (TPSA) is 110 Å². The van der Waals surface area contributed by atoms with Crippen molar-refractivity contribution in [1.29, 1.82) is 0 Å². The molecule has 2 N–H and O–H groups in total. The first kappa shape index (κ1) is 29.6. The van der Waals surface area contributed by atoms with Gasteiger partial charge in [0.2, 0.25) is 0 Å². The zero-order chi connectivity index (χ0) is 27.5. The second-order valence-electron chi connectivity index (χ2n) is 10.9. The van der Waals surface area contributed by atoms with E-state index in [0.717, 1.165) is 51.1 Å². The predicted molar refractivity (Wildman–Crippen MR) is 148 cm³/mol. The minimum Gasteiger partial charge on any atom is -0.457 e. The van der Waals surface area contributed by atoms with Gasteiger partial charge >= 0.3 is 5.97 Å². The van der Waals surface area contributed by atoms with Crippen LogP contribution in [0.5, 0.6) is 0 Å². The van der Waals surface area contributed by atoms with Crippen molar-refractivity contribution in [1.82, 2.24) is 9.97 Å². The fraction of sp³-hybridized carbons (Fsp3) is 0.643. The van der Waals surface area contributed by atoms with Crippen LogP contribution in [0.2, 0.25) is 0 Å². The van der Waals surface area contributed by atoms with Crippen molar-refractivity contribution in [2.75, 3.05) is 0 Å². The number of aliphatic hydroxyl groups excluding tert-OH is 2. The van der Waals surface area contributed by atoms with Gasteiger partial charge in [0.25, 0.3) is 0 Å². The van der Waals surface area contributed by atoms with Crippen molar-refractivity contribution < 1.29 is 24.5 Å². The number of ether oxygens (including phenoxy) is 1. The van der Waals surface area contributed by atoms with E-state index in [4.69, 9.17) is 9.72 Å². The van der Waals surface area contributed by atoms with Gasteiger partial charge in [-0.15, -0.1) is 22.7 Å². The van der Waals surface area contributed by atoms with E-state index in [-0.39, 0.29) is 18.1 Å². The average molecular weight is 549 g/mol. The number of nitrogens with zero attached hydrogens (tertiary/aromatic N) is 2. The van der Waals surface area contributed by atoms with Crippen LogP contribution >= 0.6 is 22.7 Å². The fourth-order valence-electron chi connectivity index (χ4n) is 4.88. The Labute approximate surface area is 228 Å². The molecule has 0 fully saturated rings. The van der Waals surface area contributed by atoms with Crippen LogP contribution in [-0.2, 0) is 27.2 Å². The molecule has 0 bridgehead atoms. The molecule has 1 aliphatic heterocycles. The van der Waals surface area contributed by atoms with E-state index >= 15 is 0 Å². The lowest BCUT2D eigenvalue weighted by Gasteiger charge is -2.34. The highest BCUT2D eigenvalue weighted by Gasteiger charge is 2.42. The molecule has 5 atom stereocenters. The number of thiazole rings is 2. The Balaban J connectivity index is 1.97. The Hall–Kier alpha value is -1.94. The van der Waals surface area contributed by atoms with Gasteiger partial charge in [0, 0.05) is 22.6 Å². The predicted octanol–water partition coefficient (Wildman–Crippen LogP) is 5.09. The third-order valence-electron chi connectivity index (χ3n) is 7.46. The second kappa shape index (κ2) is 12.3. The number of carbonyl (C=O) groups is 2. The summed E-state index contributed by atoms with van der Waals surface area (Å²) in [5, 5.41) is 25.7. The van der Waals surface area contributed by atoms with Crippen LogP contribution in [0.1, 0.15) is 80.2 Å². The number of aryl methyl sites for hydroxylation is 3. The highest BCUT2D eigenvalue weighted by atomic mass is 32.1. The molecule has 0 radical (unpaired) electrons. The van der Waals surface area contributed by atoms with Gasteiger partial charge in [-0.1, -0.05) is 27.7 Å². The molecule has 0 aliphatic carbocycles. The van der Waals surface area contributed by atoms with Gasteiger partial charge in [0.05, 0.1) is 45.4 Å². The summed E-state index contributed by atoms with van der Waals surface area (Å²) in [6.45, 7) is 12.8. The van der Waals surface area contributed by atoms with Gasteiger partial charge in [-0.05, 0) is 57.6 Å². The largest absolute Gasteiger partial charge is 0.457 e. The number of Topliss-reactive ketones (excluding diaryl/α,β-unsaturated/α-hetero) is 1. The first-order chi connectivity index (χ1) is 17.3. The van der Waals surface area contributed by atoms with E-state index in [1.54, 1.807) is 43.4 Å². The van der Waals surface area contributed by atoms with Crippen molar-refractivity contribution in [3.8, 4) is 0 Å². The van der Waals surface area contributed by atoms with Crippen LogP contribution in [-0.4, -0.2) is 50.2 Å². The van der Waals surface area contributed by atoms with Gasteiger partial charge in [0.15, 0.2) is 0 Å². The average Bonchev–Trinajstić information content (AvgIpc) is 3.40. The van der Waals surface area contributed by atoms with Crippen molar-refractivity contribution in [2.24, 2.45) is 17.3 Å². The lowest BCUT2D eigenvalue weighted by molar-refractivity contribution is -0.154. The van der Waals surface area contributed by atoms with Crippen molar-refractivity contribution >= 4 is 40.5 Å². The molecule has 9 heteroatoms. The zero-order valence-electron chi connectivity index (χ0n) is 22.9. The maximum Gasteiger partial charge on any atom is 0.309 e. The van der Waals surface area contributed by atoms with Crippen LogP contribution in [0.15, 0.2) is 11.0 Å². The van der Waals surface area contributed by atoms with Gasteiger partial charge < -0.3 is 14.9 Å². The Kier molecular flexibility index (Phi) is 9.83. The normalized spacial score (nSPS) is 28.6. The van der Waals surface area contributed by atoms with Gasteiger partial charge in [-0.3, -0.25) is 9.59 Å². The SMILES string of the molecule is C/C(=C\c1csc(C)n1)C1Cc2sc(C)nc2CCC[C@H](C)[C@H](O)[C@@H](C)C(=O)C(C)(C)[C@@H](O)CC(=O)O1. The molecule has 1 unspecified atom stereocenters. The van der Waals surface area contributed by atoms with Gasteiger partial charge in [-0.25, -0.2) is 9.97 Å². The summed E-state index contributed by atoms with van der Waals surface area (Å²) in [4.78, 5) is 36.7. The molecule has 0 aromatic carbocycles. The number of hydrogen-bond donors (Lipinski definition) is 2. The van der Waals surface area contributed by atoms with Crippen LogP contribution in [0.25, 0.3) is 6.08 Å². The summed E-state index contributed by atoms with van der Waals surface area (Å²) in [6.07, 6.45) is 1.79. The summed E-state index contributed by atoms with van der Waals surface area (Å²) in [5.41, 5.74) is 1.44. The Morgan fingerprint density at radius 2 is 1.84 bits per heavy atom. The molecule has 0 saturated carbocycles. The van der Waals surface area contributed by atoms with Crippen LogP contribution < -0.4 is 0 Å². The highest BCUT2D eigenvalue weighted by molar-refractivity contribution is 7.11. The zero-order valence-corrected chi connectivity index (χ0v) is 24.5. The summed E-state index contributed by atoms with van der Waals surface area (Å²) in [6, 6.07) is 0. The maximum atomic E-state index is 13.3. The number of aliphatic hydroxyl groups is 2. The molecule has 204 valence electrons. The van der Waals surface area contributed by atoms with Gasteiger partial charge in [0.1, 0.15) is 11.9 Å². The number of fused-ring (bicyclic) bond motifs is 1. The molecule has 3 rings (SSSR count). The molecule has 2 aromatic heterocycles. The summed E-state index contributed by atoms with van der Waals surface area (Å²) < 4.78 is 5.95. The third-order valence-corrected chi connectivity index (χ3v) is 9.29. The van der Waals surface area contributed by atoms with Crippen LogP contribution in [0.4, 0.5) is 0 Å². The molecule has 3 heterocycles. The van der Waals surface area contributed by atoms with Crippen molar-refractivity contribution in [3.63, 3.8) is 0 Å². The molecule has 1 aliphatic rings. The summed E-state index contributed by atoms with van der Waals surface area (Å²) in [7, 11) is 0. The Bertz CT molecular complexity index is 1140. The fourth-order valence-corrected chi connectivity index (χ4v) is 6.47. The van der Waals surface area contributed by atoms with Crippen LogP contribution in [0, 0.1) is 31.1 Å². The van der Waals surface area contributed by atoms with E-state index in [2.05, 4.69) is 4.98 Å². The lowest BCUT2D eigenvalue weighted by atomic mass is 9.73. The number of carbonyl (C=O) groups excluding carboxylic acids is 2. The first-order valence-corrected chi connectivity index (χ1v) is 14.6. The minimum atomic E-state index is -1.24. The number of aromatic nitrogens is 2. The van der Waals surface area contributed by atoms with E-state index in [1.807, 2.05) is 39.2 Å². The molecule has 2 aromatic rings. The van der Waals surface area contributed by atoms with Crippen LogP contribution in [0.3, 0.4) is 0 Å². The molecule has 0 amide bonds. The van der Waals surface area contributed by atoms with Crippen molar-refractivity contribution in [2.45, 2.75) is 98.9 Å². The minimum absolute atomic E-state index is 0.0903. The van der Waals surface area contributed by atoms with E-state index in [1.165, 1.54) is 0 Å². The summed E-state index contributed by atoms with van der Waals surface area (Å²) >= 11 is 3.16. The maximum absolute atomic E-state index is 13.3. The first-order valence-electron chi connectivity index (χ1n) is 12.9. The van der Waals surface area contributed by atoms with Gasteiger partial charge in [-0.2, -0.15) is 0 Å². The number of esters is 1. The third kappa shape index (κ3) is 7.34.